The van der Waals surface area contributed by atoms with Gasteiger partial charge in [-0.15, -0.1) is 0 Å². The summed E-state index contributed by atoms with van der Waals surface area (Å²) in [5.41, 5.74) is 2.53. The highest BCUT2D eigenvalue weighted by Crippen LogP contribution is 2.11. The number of hydrogen-bond donors (Lipinski definition) is 2. The van der Waals surface area contributed by atoms with E-state index in [0.717, 1.165) is 12.4 Å². The van der Waals surface area contributed by atoms with Crippen LogP contribution >= 0.6 is 0 Å². The predicted octanol–water partition coefficient (Wildman–Crippen LogP) is 1.23. The van der Waals surface area contributed by atoms with Crippen molar-refractivity contribution in [2.24, 2.45) is 5.84 Å². The zero-order chi connectivity index (χ0) is 12.0. The normalized spacial score (nSPS) is 10.6. The van der Waals surface area contributed by atoms with Gasteiger partial charge in [0.2, 0.25) is 0 Å². The quantitative estimate of drug-likeness (QED) is 0.562. The number of pyridine rings is 1. The summed E-state index contributed by atoms with van der Waals surface area (Å²) in [6.45, 7) is 5.55. The van der Waals surface area contributed by atoms with Gasteiger partial charge in [-0.2, -0.15) is 0 Å². The topological polar surface area (TPSA) is 63.4 Å². The first-order valence-corrected chi connectivity index (χ1v) is 5.40. The number of ether oxygens (including phenoxy) is 1. The predicted molar refractivity (Wildman–Crippen MR) is 66.4 cm³/mol. The Morgan fingerprint density at radius 3 is 2.88 bits per heavy atom. The third kappa shape index (κ3) is 4.04. The van der Waals surface area contributed by atoms with Gasteiger partial charge >= 0.3 is 0 Å². The van der Waals surface area contributed by atoms with Crippen LogP contribution in [0, 0.1) is 0 Å². The summed E-state index contributed by atoms with van der Waals surface area (Å²) in [6.07, 6.45) is 0.262. The fourth-order valence-corrected chi connectivity index (χ4v) is 1.26. The lowest BCUT2D eigenvalue weighted by Gasteiger charge is -2.19. The fourth-order valence-electron chi connectivity index (χ4n) is 1.26. The Morgan fingerprint density at radius 1 is 1.50 bits per heavy atom. The van der Waals surface area contributed by atoms with Gasteiger partial charge in [0.15, 0.2) is 0 Å². The van der Waals surface area contributed by atoms with Crippen molar-refractivity contribution in [1.29, 1.82) is 0 Å². The van der Waals surface area contributed by atoms with E-state index in [2.05, 4.69) is 10.4 Å². The molecule has 3 N–H and O–H groups in total. The number of nitrogens with two attached hydrogens (primary N) is 1. The highest BCUT2D eigenvalue weighted by molar-refractivity contribution is 5.45. The number of aromatic nitrogens is 1. The molecule has 0 aliphatic rings. The summed E-state index contributed by atoms with van der Waals surface area (Å²) in [4.78, 5) is 6.35. The molecule has 0 spiro atoms. The Morgan fingerprint density at radius 2 is 2.25 bits per heavy atom. The summed E-state index contributed by atoms with van der Waals surface area (Å²) in [5.74, 6) is 6.84. The van der Waals surface area contributed by atoms with E-state index in [-0.39, 0.29) is 6.10 Å². The molecule has 0 aliphatic heterocycles. The molecular formula is C11H20N4O. The lowest BCUT2D eigenvalue weighted by atomic mass is 10.4. The summed E-state index contributed by atoms with van der Waals surface area (Å²) in [5, 5.41) is 0. The minimum atomic E-state index is 0.262. The van der Waals surface area contributed by atoms with E-state index < -0.39 is 0 Å². The number of anilines is 2. The maximum atomic E-state index is 5.48. The van der Waals surface area contributed by atoms with Crippen LogP contribution < -0.4 is 16.2 Å². The van der Waals surface area contributed by atoms with Gasteiger partial charge < -0.3 is 15.1 Å². The van der Waals surface area contributed by atoms with Gasteiger partial charge in [0.1, 0.15) is 11.6 Å². The van der Waals surface area contributed by atoms with Crippen LogP contribution in [0.2, 0.25) is 0 Å². The number of hydrogen-bond acceptors (Lipinski definition) is 5. The van der Waals surface area contributed by atoms with E-state index in [1.807, 2.05) is 44.0 Å². The van der Waals surface area contributed by atoms with Crippen molar-refractivity contribution in [1.82, 2.24) is 4.98 Å². The van der Waals surface area contributed by atoms with Gasteiger partial charge in [-0.3, -0.25) is 0 Å². The van der Waals surface area contributed by atoms with Gasteiger partial charge in [-0.05, 0) is 26.0 Å². The van der Waals surface area contributed by atoms with Crippen molar-refractivity contribution < 1.29 is 4.74 Å². The Kier molecular flexibility index (Phi) is 5.01. The molecule has 0 unspecified atom stereocenters. The van der Waals surface area contributed by atoms with E-state index in [4.69, 9.17) is 10.6 Å². The van der Waals surface area contributed by atoms with Crippen LogP contribution in [-0.2, 0) is 4.74 Å². The zero-order valence-electron chi connectivity index (χ0n) is 10.1. The summed E-state index contributed by atoms with van der Waals surface area (Å²) < 4.78 is 5.48. The van der Waals surface area contributed by atoms with E-state index in [1.54, 1.807) is 0 Å². The molecule has 1 rings (SSSR count). The molecule has 1 aromatic heterocycles. The molecule has 1 aromatic rings. The highest BCUT2D eigenvalue weighted by Gasteiger charge is 2.03. The van der Waals surface area contributed by atoms with E-state index in [0.29, 0.717) is 12.4 Å². The molecule has 1 heterocycles. The zero-order valence-corrected chi connectivity index (χ0v) is 10.1. The standard InChI is InChI=1S/C11H20N4O/c1-9(2)16-8-7-15(3)11-6-4-5-10(13-11)14-12/h4-6,9H,7-8,12H2,1-3H3,(H,13,14). The van der Waals surface area contributed by atoms with Crippen LogP contribution in [0.5, 0.6) is 0 Å². The van der Waals surface area contributed by atoms with Gasteiger partial charge in [-0.1, -0.05) is 6.07 Å². The average molecular weight is 224 g/mol. The van der Waals surface area contributed by atoms with Crippen molar-refractivity contribution in [3.8, 4) is 0 Å². The molecule has 90 valence electrons. The molecule has 16 heavy (non-hydrogen) atoms. The molecule has 0 radical (unpaired) electrons. The Hall–Kier alpha value is -1.33. The summed E-state index contributed by atoms with van der Waals surface area (Å²) >= 11 is 0. The molecular weight excluding hydrogens is 204 g/mol. The minimum absolute atomic E-state index is 0.262. The molecule has 5 nitrogen and oxygen atoms in total. The molecule has 5 heteroatoms. The van der Waals surface area contributed by atoms with Gasteiger partial charge in [0, 0.05) is 13.6 Å². The third-order valence-corrected chi connectivity index (χ3v) is 2.15. The van der Waals surface area contributed by atoms with Crippen molar-refractivity contribution in [2.45, 2.75) is 20.0 Å². The summed E-state index contributed by atoms with van der Waals surface area (Å²) in [6, 6.07) is 5.68. The largest absolute Gasteiger partial charge is 0.377 e. The lowest BCUT2D eigenvalue weighted by molar-refractivity contribution is 0.0845. The number of hydrazine groups is 1. The van der Waals surface area contributed by atoms with Crippen molar-refractivity contribution >= 4 is 11.6 Å². The van der Waals surface area contributed by atoms with Crippen LogP contribution in [0.4, 0.5) is 11.6 Å². The van der Waals surface area contributed by atoms with Gasteiger partial charge in [0.25, 0.3) is 0 Å². The van der Waals surface area contributed by atoms with Crippen LogP contribution in [0.3, 0.4) is 0 Å². The van der Waals surface area contributed by atoms with Crippen molar-refractivity contribution in [3.63, 3.8) is 0 Å². The van der Waals surface area contributed by atoms with Crippen LogP contribution in [0.25, 0.3) is 0 Å². The van der Waals surface area contributed by atoms with Crippen LogP contribution in [0.1, 0.15) is 13.8 Å². The maximum absolute atomic E-state index is 5.48. The molecule has 0 aliphatic carbocycles. The van der Waals surface area contributed by atoms with E-state index in [1.165, 1.54) is 0 Å². The fraction of sp³-hybridized carbons (Fsp3) is 0.545. The first kappa shape index (κ1) is 12.7. The van der Waals surface area contributed by atoms with Crippen molar-refractivity contribution in [3.05, 3.63) is 18.2 Å². The lowest BCUT2D eigenvalue weighted by Crippen LogP contribution is -2.25. The summed E-state index contributed by atoms with van der Waals surface area (Å²) in [7, 11) is 1.98. The third-order valence-electron chi connectivity index (χ3n) is 2.15. The molecule has 0 amide bonds. The Bertz CT molecular complexity index is 317. The van der Waals surface area contributed by atoms with E-state index >= 15 is 0 Å². The molecule has 0 atom stereocenters. The smallest absolute Gasteiger partial charge is 0.142 e. The molecule has 0 saturated heterocycles. The maximum Gasteiger partial charge on any atom is 0.142 e. The van der Waals surface area contributed by atoms with Crippen molar-refractivity contribution in [2.75, 3.05) is 30.5 Å². The second-order valence-electron chi connectivity index (χ2n) is 3.87. The molecule has 0 saturated carbocycles. The Labute approximate surface area is 96.6 Å². The second-order valence-corrected chi connectivity index (χ2v) is 3.87. The number of nitrogen functional groups attached to an aromatic ring is 1. The van der Waals surface area contributed by atoms with Crippen LogP contribution in [0.15, 0.2) is 18.2 Å². The molecule has 0 aromatic carbocycles. The van der Waals surface area contributed by atoms with Crippen LogP contribution in [-0.4, -0.2) is 31.3 Å². The van der Waals surface area contributed by atoms with E-state index in [9.17, 15) is 0 Å². The number of likely N-dealkylation sites (N-methyl/N-ethyl adjacent to an activating group) is 1. The molecule has 0 bridgehead atoms. The second kappa shape index (κ2) is 6.30. The highest BCUT2D eigenvalue weighted by atomic mass is 16.5. The SMILES string of the molecule is CC(C)OCCN(C)c1cccc(NN)n1. The number of nitrogens with one attached hydrogen (secondary N) is 1. The first-order chi connectivity index (χ1) is 7.63. The average Bonchev–Trinajstić information content (AvgIpc) is 2.28. The number of rotatable bonds is 6. The minimum Gasteiger partial charge on any atom is -0.377 e. The Balaban J connectivity index is 2.48. The first-order valence-electron chi connectivity index (χ1n) is 5.40. The monoisotopic (exact) mass is 224 g/mol. The van der Waals surface area contributed by atoms with Gasteiger partial charge in [-0.25, -0.2) is 10.8 Å². The van der Waals surface area contributed by atoms with Gasteiger partial charge in [0.05, 0.1) is 12.7 Å². The molecule has 0 fully saturated rings. The number of nitrogens with zero attached hydrogens (tertiary/aromatic N) is 2.